The number of hydrogen-bond donors (Lipinski definition) is 2. The highest BCUT2D eigenvalue weighted by molar-refractivity contribution is 5.94. The van der Waals surface area contributed by atoms with Crippen molar-refractivity contribution in [3.8, 4) is 18.2 Å². The van der Waals surface area contributed by atoms with Crippen LogP contribution >= 0.6 is 0 Å². The number of carbonyl (C=O) groups excluding carboxylic acids is 1. The maximum absolute atomic E-state index is 12.0. The zero-order valence-electron chi connectivity index (χ0n) is 13.3. The van der Waals surface area contributed by atoms with Crippen molar-refractivity contribution < 1.29 is 4.79 Å². The van der Waals surface area contributed by atoms with Crippen LogP contribution in [-0.4, -0.2) is 5.91 Å². The molecule has 0 heterocycles. The number of allylic oxidation sites excluding steroid dienone is 2. The first kappa shape index (κ1) is 17.8. The zero-order chi connectivity index (χ0) is 17.4. The summed E-state index contributed by atoms with van der Waals surface area (Å²) in [6.07, 6.45) is 0.734. The van der Waals surface area contributed by atoms with Gasteiger partial charge in [0.05, 0.1) is 0 Å². The van der Waals surface area contributed by atoms with E-state index in [1.807, 2.05) is 13.8 Å². The summed E-state index contributed by atoms with van der Waals surface area (Å²) in [5.74, 6) is -0.192. The van der Waals surface area contributed by atoms with Gasteiger partial charge in [-0.3, -0.25) is 4.79 Å². The lowest BCUT2D eigenvalue weighted by Crippen LogP contribution is -2.20. The van der Waals surface area contributed by atoms with E-state index >= 15 is 0 Å². The highest BCUT2D eigenvalue weighted by Crippen LogP contribution is 2.25. The van der Waals surface area contributed by atoms with Crippen LogP contribution in [0.1, 0.15) is 25.8 Å². The molecular weight excluding hydrogens is 290 g/mol. The fourth-order valence-corrected chi connectivity index (χ4v) is 1.77. The van der Waals surface area contributed by atoms with Crippen LogP contribution in [0.25, 0.3) is 0 Å². The maximum Gasteiger partial charge on any atom is 0.227 e. The first-order chi connectivity index (χ1) is 11.0. The molecule has 0 aromatic heterocycles. The Morgan fingerprint density at radius 1 is 1.13 bits per heavy atom. The molecule has 2 N–H and O–H groups in total. The van der Waals surface area contributed by atoms with E-state index in [0.29, 0.717) is 16.9 Å². The fourth-order valence-electron chi connectivity index (χ4n) is 1.77. The van der Waals surface area contributed by atoms with E-state index in [2.05, 4.69) is 10.6 Å². The third kappa shape index (κ3) is 4.33. The molecule has 0 fully saturated rings. The molecule has 0 bridgehead atoms. The molecule has 116 valence electrons. The second kappa shape index (κ2) is 8.22. The topological polar surface area (TPSA) is 112 Å². The monoisotopic (exact) mass is 307 g/mol. The highest BCUT2D eigenvalue weighted by Gasteiger charge is 2.14. The smallest absolute Gasteiger partial charge is 0.227 e. The molecule has 1 aromatic carbocycles. The van der Waals surface area contributed by atoms with Crippen molar-refractivity contribution in [3.05, 3.63) is 35.0 Å². The van der Waals surface area contributed by atoms with Gasteiger partial charge in [-0.05, 0) is 31.0 Å². The number of nitrogens with zero attached hydrogens (tertiary/aromatic N) is 3. The van der Waals surface area contributed by atoms with Crippen molar-refractivity contribution in [2.24, 2.45) is 5.92 Å². The number of carbonyl (C=O) groups is 1. The van der Waals surface area contributed by atoms with Crippen LogP contribution in [0.2, 0.25) is 0 Å². The summed E-state index contributed by atoms with van der Waals surface area (Å²) in [7, 11) is 0. The van der Waals surface area contributed by atoms with Crippen molar-refractivity contribution in [3.63, 3.8) is 0 Å². The average molecular weight is 307 g/mol. The third-order valence-corrected chi connectivity index (χ3v) is 3.50. The van der Waals surface area contributed by atoms with E-state index in [1.165, 1.54) is 0 Å². The Morgan fingerprint density at radius 2 is 1.70 bits per heavy atom. The van der Waals surface area contributed by atoms with Gasteiger partial charge >= 0.3 is 0 Å². The first-order valence-corrected chi connectivity index (χ1v) is 7.10. The molecule has 0 radical (unpaired) electrons. The molecule has 1 atom stereocenters. The molecule has 0 aliphatic rings. The van der Waals surface area contributed by atoms with Gasteiger partial charge in [-0.15, -0.1) is 0 Å². The van der Waals surface area contributed by atoms with Gasteiger partial charge in [-0.25, -0.2) is 0 Å². The number of rotatable bonds is 5. The fraction of sp³-hybridized carbons (Fsp3) is 0.294. The molecule has 1 unspecified atom stereocenters. The summed E-state index contributed by atoms with van der Waals surface area (Å²) in [5.41, 5.74) is 1.47. The number of amides is 1. The Balaban J connectivity index is 3.14. The van der Waals surface area contributed by atoms with Crippen LogP contribution in [0.3, 0.4) is 0 Å². The van der Waals surface area contributed by atoms with Crippen LogP contribution in [0.5, 0.6) is 0 Å². The summed E-state index contributed by atoms with van der Waals surface area (Å²) in [5, 5.41) is 32.4. The summed E-state index contributed by atoms with van der Waals surface area (Å²) < 4.78 is 0. The highest BCUT2D eigenvalue weighted by atomic mass is 16.1. The molecule has 23 heavy (non-hydrogen) atoms. The molecule has 0 saturated carbocycles. The van der Waals surface area contributed by atoms with Crippen molar-refractivity contribution >= 4 is 17.3 Å². The predicted molar refractivity (Wildman–Crippen MR) is 86.8 cm³/mol. The molecule has 0 aliphatic heterocycles. The molecule has 6 heteroatoms. The summed E-state index contributed by atoms with van der Waals surface area (Å²) >= 11 is 0. The lowest BCUT2D eigenvalue weighted by atomic mass is 10.1. The van der Waals surface area contributed by atoms with Crippen molar-refractivity contribution in [1.29, 1.82) is 15.8 Å². The minimum atomic E-state index is -0.291. The number of hydrogen-bond acceptors (Lipinski definition) is 5. The predicted octanol–water partition coefficient (Wildman–Crippen LogP) is 3.22. The summed E-state index contributed by atoms with van der Waals surface area (Å²) in [6.45, 7) is 5.56. The van der Waals surface area contributed by atoms with Gasteiger partial charge in [-0.1, -0.05) is 19.9 Å². The largest absolute Gasteiger partial charge is 0.345 e. The normalized spacial score (nSPS) is 10.4. The third-order valence-electron chi connectivity index (χ3n) is 3.50. The van der Waals surface area contributed by atoms with Gasteiger partial charge < -0.3 is 10.6 Å². The number of anilines is 2. The van der Waals surface area contributed by atoms with Crippen molar-refractivity contribution in [2.45, 2.75) is 27.2 Å². The standard InChI is InChI=1S/C17H17N5O/c1-4-11(2)17(23)22-15-7-5-6-14(12(15)3)21-16(10-20)13(8-18)9-19/h5-7,11,21H,4H2,1-3H3,(H,22,23). The van der Waals surface area contributed by atoms with Gasteiger partial charge in [0.1, 0.15) is 23.9 Å². The molecule has 1 rings (SSSR count). The molecular formula is C17H17N5O. The molecule has 1 aromatic rings. The van der Waals surface area contributed by atoms with Crippen LogP contribution in [-0.2, 0) is 4.79 Å². The second-order valence-electron chi connectivity index (χ2n) is 4.99. The van der Waals surface area contributed by atoms with Crippen LogP contribution < -0.4 is 10.6 Å². The Bertz CT molecular complexity index is 743. The summed E-state index contributed by atoms with van der Waals surface area (Å²) in [4.78, 5) is 12.0. The summed E-state index contributed by atoms with van der Waals surface area (Å²) in [6, 6.07) is 10.3. The molecule has 0 spiro atoms. The van der Waals surface area contributed by atoms with Crippen molar-refractivity contribution in [2.75, 3.05) is 10.6 Å². The van der Waals surface area contributed by atoms with Crippen LogP contribution in [0.4, 0.5) is 11.4 Å². The van der Waals surface area contributed by atoms with Gasteiger partial charge in [-0.2, -0.15) is 15.8 Å². The number of nitriles is 3. The Labute approximate surface area is 135 Å². The molecule has 0 saturated heterocycles. The van der Waals surface area contributed by atoms with E-state index in [-0.39, 0.29) is 23.1 Å². The number of benzene rings is 1. The van der Waals surface area contributed by atoms with E-state index in [9.17, 15) is 4.79 Å². The minimum Gasteiger partial charge on any atom is -0.345 e. The van der Waals surface area contributed by atoms with Gasteiger partial charge in [0.15, 0.2) is 5.57 Å². The van der Waals surface area contributed by atoms with E-state index < -0.39 is 0 Å². The quantitative estimate of drug-likeness (QED) is 0.811. The van der Waals surface area contributed by atoms with Gasteiger partial charge in [0.25, 0.3) is 0 Å². The Kier molecular flexibility index (Phi) is 6.34. The molecule has 6 nitrogen and oxygen atoms in total. The van der Waals surface area contributed by atoms with Crippen LogP contribution in [0, 0.1) is 46.8 Å². The van der Waals surface area contributed by atoms with Gasteiger partial charge in [0, 0.05) is 17.3 Å². The van der Waals surface area contributed by atoms with E-state index in [1.54, 1.807) is 43.3 Å². The SMILES string of the molecule is CCC(C)C(=O)Nc1cccc(NC(C#N)=C(C#N)C#N)c1C. The molecule has 0 aliphatic carbocycles. The lowest BCUT2D eigenvalue weighted by Gasteiger charge is -2.15. The Hall–Kier alpha value is -3.30. The van der Waals surface area contributed by atoms with Crippen LogP contribution in [0.15, 0.2) is 29.5 Å². The molecule has 1 amide bonds. The second-order valence-corrected chi connectivity index (χ2v) is 4.99. The zero-order valence-corrected chi connectivity index (χ0v) is 13.3. The maximum atomic E-state index is 12.0. The van der Waals surface area contributed by atoms with Crippen molar-refractivity contribution in [1.82, 2.24) is 0 Å². The average Bonchev–Trinajstić information content (AvgIpc) is 2.57. The Morgan fingerprint density at radius 3 is 2.17 bits per heavy atom. The van der Waals surface area contributed by atoms with E-state index in [4.69, 9.17) is 15.8 Å². The minimum absolute atomic E-state index is 0.0847. The first-order valence-electron chi connectivity index (χ1n) is 7.10. The van der Waals surface area contributed by atoms with Gasteiger partial charge in [0.2, 0.25) is 5.91 Å². The lowest BCUT2D eigenvalue weighted by molar-refractivity contribution is -0.119. The number of nitrogens with one attached hydrogen (secondary N) is 2. The van der Waals surface area contributed by atoms with E-state index in [0.717, 1.165) is 6.42 Å².